The van der Waals surface area contributed by atoms with Crippen LogP contribution in [0.5, 0.6) is 0 Å². The van der Waals surface area contributed by atoms with Gasteiger partial charge in [-0.1, -0.05) is 6.08 Å². The smallest absolute Gasteiger partial charge is 0.328 e. The number of nitrogen functional groups attached to an aromatic ring is 1. The summed E-state index contributed by atoms with van der Waals surface area (Å²) in [7, 11) is 0. The van der Waals surface area contributed by atoms with Gasteiger partial charge in [-0.2, -0.15) is 0 Å². The molecule has 0 saturated carbocycles. The first kappa shape index (κ1) is 21.1. The van der Waals surface area contributed by atoms with E-state index in [-0.39, 0.29) is 37.1 Å². The average Bonchev–Trinajstić information content (AvgIpc) is 3.02. The second-order valence-electron chi connectivity index (χ2n) is 6.54. The highest BCUT2D eigenvalue weighted by Gasteiger charge is 2.34. The second-order valence-corrected chi connectivity index (χ2v) is 6.54. The van der Waals surface area contributed by atoms with Crippen LogP contribution in [0.15, 0.2) is 36.9 Å². The molecular formula is C20H26N4O4. The molecule has 1 fully saturated rings. The van der Waals surface area contributed by atoms with Gasteiger partial charge in [-0.05, 0) is 44.0 Å². The van der Waals surface area contributed by atoms with Crippen LogP contribution in [0.25, 0.3) is 0 Å². The van der Waals surface area contributed by atoms with Crippen molar-refractivity contribution in [2.75, 3.05) is 18.1 Å². The fourth-order valence-corrected chi connectivity index (χ4v) is 3.11. The molecule has 8 nitrogen and oxygen atoms in total. The van der Waals surface area contributed by atoms with Gasteiger partial charge in [-0.3, -0.25) is 15.0 Å². The Balaban J connectivity index is 1.96. The molecule has 1 heterocycles. The average molecular weight is 386 g/mol. The molecule has 2 amide bonds. The summed E-state index contributed by atoms with van der Waals surface area (Å²) >= 11 is 0. The van der Waals surface area contributed by atoms with E-state index in [4.69, 9.17) is 15.9 Å². The maximum absolute atomic E-state index is 12.7. The lowest BCUT2D eigenvalue weighted by molar-refractivity contribution is -0.147. The van der Waals surface area contributed by atoms with Crippen LogP contribution in [0, 0.1) is 11.3 Å². The zero-order valence-corrected chi connectivity index (χ0v) is 15.9. The van der Waals surface area contributed by atoms with Gasteiger partial charge in [-0.15, -0.1) is 6.58 Å². The van der Waals surface area contributed by atoms with Gasteiger partial charge in [-0.25, -0.2) is 4.79 Å². The largest absolute Gasteiger partial charge is 0.464 e. The molecule has 1 aromatic carbocycles. The number of carbonyl (C=O) groups is 3. The third-order valence-corrected chi connectivity index (χ3v) is 4.55. The summed E-state index contributed by atoms with van der Waals surface area (Å²) in [6, 6.07) is 6.04. The van der Waals surface area contributed by atoms with Gasteiger partial charge in [0.2, 0.25) is 11.8 Å². The van der Waals surface area contributed by atoms with Gasteiger partial charge in [0.25, 0.3) is 0 Å². The highest BCUT2D eigenvalue weighted by atomic mass is 16.5. The molecule has 1 aromatic rings. The number of anilines is 1. The monoisotopic (exact) mass is 386 g/mol. The summed E-state index contributed by atoms with van der Waals surface area (Å²) in [5.74, 6) is -1.50. The molecule has 28 heavy (non-hydrogen) atoms. The Hall–Kier alpha value is -3.16. The van der Waals surface area contributed by atoms with Gasteiger partial charge in [0.1, 0.15) is 11.9 Å². The van der Waals surface area contributed by atoms with E-state index >= 15 is 0 Å². The number of amides is 2. The van der Waals surface area contributed by atoms with Crippen molar-refractivity contribution in [1.29, 1.82) is 5.41 Å². The number of nitrogens with two attached hydrogens (primary N) is 1. The Bertz CT molecular complexity index is 760. The molecule has 0 radical (unpaired) electrons. The van der Waals surface area contributed by atoms with E-state index in [0.717, 1.165) is 0 Å². The van der Waals surface area contributed by atoms with Crippen LogP contribution in [-0.4, -0.2) is 42.8 Å². The molecule has 0 spiro atoms. The van der Waals surface area contributed by atoms with Crippen molar-refractivity contribution >= 4 is 29.3 Å². The van der Waals surface area contributed by atoms with Crippen molar-refractivity contribution in [3.8, 4) is 0 Å². The van der Waals surface area contributed by atoms with Crippen molar-refractivity contribution in [2.45, 2.75) is 32.2 Å². The van der Waals surface area contributed by atoms with E-state index in [1.165, 1.54) is 6.08 Å². The summed E-state index contributed by atoms with van der Waals surface area (Å²) in [6.07, 6.45) is 2.35. The van der Waals surface area contributed by atoms with Crippen LogP contribution in [0.1, 0.15) is 31.7 Å². The minimum Gasteiger partial charge on any atom is -0.464 e. The van der Waals surface area contributed by atoms with E-state index in [9.17, 15) is 14.4 Å². The van der Waals surface area contributed by atoms with Gasteiger partial charge < -0.3 is 20.7 Å². The molecular weight excluding hydrogens is 360 g/mol. The van der Waals surface area contributed by atoms with Crippen LogP contribution in [0.2, 0.25) is 0 Å². The minimum atomic E-state index is -0.795. The number of amidine groups is 1. The standard InChI is InChI=1S/C20H26N4O4/c1-3-5-16(20(27)28-4-2)23-17(25)12-14-10-11-24(19(14)26)15-8-6-13(7-9-15)18(21)22/h3,6-9,14,16H,1,4-5,10-12H2,2H3,(H3,21,22)(H,23,25). The Morgan fingerprint density at radius 1 is 1.43 bits per heavy atom. The van der Waals surface area contributed by atoms with E-state index < -0.39 is 17.9 Å². The number of nitrogens with one attached hydrogen (secondary N) is 2. The molecule has 1 aliphatic rings. The molecule has 4 N–H and O–H groups in total. The third kappa shape index (κ3) is 5.18. The van der Waals surface area contributed by atoms with E-state index in [0.29, 0.717) is 24.2 Å². The van der Waals surface area contributed by atoms with Crippen LogP contribution in [-0.2, 0) is 19.1 Å². The summed E-state index contributed by atoms with van der Waals surface area (Å²) < 4.78 is 4.95. The summed E-state index contributed by atoms with van der Waals surface area (Å²) in [5.41, 5.74) is 6.73. The summed E-state index contributed by atoms with van der Waals surface area (Å²) in [6.45, 7) is 6.01. The molecule has 1 saturated heterocycles. The maximum atomic E-state index is 12.7. The van der Waals surface area contributed by atoms with Crippen LogP contribution in [0.3, 0.4) is 0 Å². The zero-order valence-electron chi connectivity index (χ0n) is 15.9. The van der Waals surface area contributed by atoms with Crippen molar-refractivity contribution < 1.29 is 19.1 Å². The number of hydrogen-bond donors (Lipinski definition) is 3. The highest BCUT2D eigenvalue weighted by molar-refractivity contribution is 6.00. The van der Waals surface area contributed by atoms with E-state index in [1.807, 2.05) is 0 Å². The van der Waals surface area contributed by atoms with Gasteiger partial charge >= 0.3 is 5.97 Å². The van der Waals surface area contributed by atoms with Crippen molar-refractivity contribution in [3.05, 3.63) is 42.5 Å². The molecule has 8 heteroatoms. The first-order chi connectivity index (χ1) is 13.4. The molecule has 2 unspecified atom stereocenters. The first-order valence-corrected chi connectivity index (χ1v) is 9.20. The number of esters is 1. The van der Waals surface area contributed by atoms with Crippen molar-refractivity contribution in [1.82, 2.24) is 5.32 Å². The number of carbonyl (C=O) groups excluding carboxylic acids is 3. The van der Waals surface area contributed by atoms with E-state index in [2.05, 4.69) is 11.9 Å². The molecule has 0 aliphatic carbocycles. The normalized spacial score (nSPS) is 17.1. The lowest BCUT2D eigenvalue weighted by Gasteiger charge is -2.18. The number of nitrogens with zero attached hydrogens (tertiary/aromatic N) is 1. The third-order valence-electron chi connectivity index (χ3n) is 4.55. The number of ether oxygens (including phenoxy) is 1. The molecule has 0 aromatic heterocycles. The molecule has 0 bridgehead atoms. The predicted molar refractivity (Wildman–Crippen MR) is 106 cm³/mol. The molecule has 1 aliphatic heterocycles. The van der Waals surface area contributed by atoms with Gasteiger partial charge in [0.05, 0.1) is 6.61 Å². The fourth-order valence-electron chi connectivity index (χ4n) is 3.11. The topological polar surface area (TPSA) is 126 Å². The number of hydrogen-bond acceptors (Lipinski definition) is 5. The SMILES string of the molecule is C=CCC(NC(=O)CC1CCN(c2ccc(C(=N)N)cc2)C1=O)C(=O)OCC. The second kappa shape index (κ2) is 9.68. The predicted octanol–water partition coefficient (Wildman–Crippen LogP) is 1.34. The Kier molecular flexibility index (Phi) is 7.31. The Labute approximate surface area is 164 Å². The molecule has 2 atom stereocenters. The molecule has 150 valence electrons. The summed E-state index contributed by atoms with van der Waals surface area (Å²) in [4.78, 5) is 38.5. The Morgan fingerprint density at radius 3 is 2.68 bits per heavy atom. The van der Waals surface area contributed by atoms with Gasteiger partial charge in [0, 0.05) is 30.1 Å². The van der Waals surface area contributed by atoms with Crippen LogP contribution in [0.4, 0.5) is 5.69 Å². The van der Waals surface area contributed by atoms with E-state index in [1.54, 1.807) is 36.1 Å². The van der Waals surface area contributed by atoms with Crippen molar-refractivity contribution in [3.63, 3.8) is 0 Å². The lowest BCUT2D eigenvalue weighted by atomic mass is 10.0. The zero-order chi connectivity index (χ0) is 20.7. The quantitative estimate of drug-likeness (QED) is 0.256. The number of rotatable bonds is 9. The fraction of sp³-hybridized carbons (Fsp3) is 0.400. The number of benzene rings is 1. The Morgan fingerprint density at radius 2 is 2.11 bits per heavy atom. The first-order valence-electron chi connectivity index (χ1n) is 9.20. The maximum Gasteiger partial charge on any atom is 0.328 e. The highest BCUT2D eigenvalue weighted by Crippen LogP contribution is 2.27. The molecule has 2 rings (SSSR count). The summed E-state index contributed by atoms with van der Waals surface area (Å²) in [5, 5.41) is 10.1. The minimum absolute atomic E-state index is 0.00785. The van der Waals surface area contributed by atoms with Crippen LogP contribution >= 0.6 is 0 Å². The van der Waals surface area contributed by atoms with Crippen LogP contribution < -0.4 is 16.0 Å². The van der Waals surface area contributed by atoms with Crippen molar-refractivity contribution in [2.24, 2.45) is 11.7 Å². The lowest BCUT2D eigenvalue weighted by Crippen LogP contribution is -2.42. The van der Waals surface area contributed by atoms with Gasteiger partial charge in [0.15, 0.2) is 0 Å².